The van der Waals surface area contributed by atoms with Gasteiger partial charge in [-0.3, -0.25) is 9.36 Å². The summed E-state index contributed by atoms with van der Waals surface area (Å²) in [7, 11) is 1.55. The van der Waals surface area contributed by atoms with E-state index in [-0.39, 0.29) is 11.7 Å². The number of nitrogens with zero attached hydrogens (tertiary/aromatic N) is 3. The van der Waals surface area contributed by atoms with Crippen LogP contribution in [0.5, 0.6) is 5.75 Å². The molecule has 0 saturated heterocycles. The second-order valence-corrected chi connectivity index (χ2v) is 7.44. The average molecular weight is 434 g/mol. The Kier molecular flexibility index (Phi) is 6.28. The number of hydrogen-bond donors (Lipinski definition) is 1. The van der Waals surface area contributed by atoms with Crippen molar-refractivity contribution >= 4 is 23.4 Å². The molecule has 31 heavy (non-hydrogen) atoms. The lowest BCUT2D eigenvalue weighted by Gasteiger charge is -2.11. The molecule has 6 nitrogen and oxygen atoms in total. The monoisotopic (exact) mass is 434 g/mol. The first kappa shape index (κ1) is 20.6. The Morgan fingerprint density at radius 2 is 1.71 bits per heavy atom. The van der Waals surface area contributed by atoms with Crippen molar-refractivity contribution in [1.82, 2.24) is 14.8 Å². The van der Waals surface area contributed by atoms with E-state index in [2.05, 4.69) is 15.5 Å². The van der Waals surface area contributed by atoms with Crippen LogP contribution < -0.4 is 10.1 Å². The summed E-state index contributed by atoms with van der Waals surface area (Å²) in [5.74, 6) is 0.439. The van der Waals surface area contributed by atoms with E-state index in [0.717, 1.165) is 5.69 Å². The molecule has 0 atom stereocenters. The predicted octanol–water partition coefficient (Wildman–Crippen LogP) is 4.81. The molecule has 0 radical (unpaired) electrons. The lowest BCUT2D eigenvalue weighted by molar-refractivity contribution is -0.113. The van der Waals surface area contributed by atoms with Crippen LogP contribution >= 0.6 is 11.8 Å². The van der Waals surface area contributed by atoms with Gasteiger partial charge in [-0.05, 0) is 36.4 Å². The number of hydrogen-bond acceptors (Lipinski definition) is 5. The van der Waals surface area contributed by atoms with Crippen molar-refractivity contribution in [2.45, 2.75) is 5.16 Å². The van der Waals surface area contributed by atoms with Gasteiger partial charge in [-0.1, -0.05) is 54.2 Å². The molecule has 4 aromatic rings. The highest BCUT2D eigenvalue weighted by Crippen LogP contribution is 2.30. The highest BCUT2D eigenvalue weighted by atomic mass is 32.2. The van der Waals surface area contributed by atoms with Gasteiger partial charge >= 0.3 is 0 Å². The first-order valence-corrected chi connectivity index (χ1v) is 10.5. The fraction of sp³-hybridized carbons (Fsp3) is 0.0870. The molecule has 4 rings (SSSR count). The van der Waals surface area contributed by atoms with Gasteiger partial charge in [0.1, 0.15) is 11.6 Å². The zero-order valence-corrected chi connectivity index (χ0v) is 17.5. The molecule has 0 aliphatic rings. The van der Waals surface area contributed by atoms with E-state index in [1.54, 1.807) is 42.0 Å². The summed E-state index contributed by atoms with van der Waals surface area (Å²) in [6.45, 7) is 0. The van der Waals surface area contributed by atoms with Crippen LogP contribution in [0.2, 0.25) is 0 Å². The third-order valence-corrected chi connectivity index (χ3v) is 5.40. The first-order valence-electron chi connectivity index (χ1n) is 9.49. The molecule has 0 aliphatic carbocycles. The Balaban J connectivity index is 1.60. The molecule has 3 aromatic carbocycles. The summed E-state index contributed by atoms with van der Waals surface area (Å²) < 4.78 is 21.5. The Morgan fingerprint density at radius 1 is 1.00 bits per heavy atom. The quantitative estimate of drug-likeness (QED) is 0.423. The predicted molar refractivity (Wildman–Crippen MR) is 119 cm³/mol. The second kappa shape index (κ2) is 9.44. The fourth-order valence-corrected chi connectivity index (χ4v) is 3.81. The van der Waals surface area contributed by atoms with E-state index in [1.807, 2.05) is 42.5 Å². The maximum Gasteiger partial charge on any atom is 0.234 e. The van der Waals surface area contributed by atoms with Gasteiger partial charge in [0.15, 0.2) is 11.0 Å². The molecule has 156 valence electrons. The second-order valence-electron chi connectivity index (χ2n) is 6.49. The number of carbonyl (C=O) groups is 1. The van der Waals surface area contributed by atoms with Crippen molar-refractivity contribution in [3.05, 3.63) is 84.7 Å². The molecule has 1 amide bonds. The summed E-state index contributed by atoms with van der Waals surface area (Å²) in [6.07, 6.45) is 0. The largest absolute Gasteiger partial charge is 0.495 e. The molecule has 1 N–H and O–H groups in total. The molecule has 1 aromatic heterocycles. The number of halogens is 1. The number of amides is 1. The maximum absolute atomic E-state index is 14.4. The van der Waals surface area contributed by atoms with Crippen LogP contribution in [0.25, 0.3) is 17.1 Å². The molecular weight excluding hydrogens is 415 g/mol. The summed E-state index contributed by atoms with van der Waals surface area (Å²) in [6, 6.07) is 23.0. The van der Waals surface area contributed by atoms with Crippen molar-refractivity contribution in [3.63, 3.8) is 0 Å². The molecule has 1 heterocycles. The zero-order chi connectivity index (χ0) is 21.6. The van der Waals surface area contributed by atoms with Gasteiger partial charge in [0.05, 0.1) is 24.1 Å². The van der Waals surface area contributed by atoms with Crippen molar-refractivity contribution in [2.24, 2.45) is 0 Å². The molecule has 0 unspecified atom stereocenters. The van der Waals surface area contributed by atoms with Gasteiger partial charge in [0, 0.05) is 5.69 Å². The van der Waals surface area contributed by atoms with Crippen LogP contribution in [0.4, 0.5) is 10.1 Å². The van der Waals surface area contributed by atoms with Gasteiger partial charge in [0.25, 0.3) is 0 Å². The van der Waals surface area contributed by atoms with E-state index in [0.29, 0.717) is 28.0 Å². The third-order valence-electron chi connectivity index (χ3n) is 4.48. The van der Waals surface area contributed by atoms with Crippen LogP contribution in [0.15, 0.2) is 84.0 Å². The molecule has 8 heteroatoms. The van der Waals surface area contributed by atoms with E-state index in [9.17, 15) is 9.18 Å². The Morgan fingerprint density at radius 3 is 2.48 bits per heavy atom. The highest BCUT2D eigenvalue weighted by molar-refractivity contribution is 7.99. The minimum Gasteiger partial charge on any atom is -0.495 e. The SMILES string of the molecule is COc1ccccc1NC(=O)CSc1nnc(-c2ccccc2F)n1-c1ccccc1. The van der Waals surface area contributed by atoms with Gasteiger partial charge in [0.2, 0.25) is 5.91 Å². The van der Waals surface area contributed by atoms with Gasteiger partial charge in [-0.2, -0.15) is 0 Å². The van der Waals surface area contributed by atoms with E-state index in [4.69, 9.17) is 4.74 Å². The number of methoxy groups -OCH3 is 1. The Hall–Kier alpha value is -3.65. The molecule has 0 spiro atoms. The van der Waals surface area contributed by atoms with Crippen LogP contribution in [0.1, 0.15) is 0 Å². The smallest absolute Gasteiger partial charge is 0.234 e. The summed E-state index contributed by atoms with van der Waals surface area (Å²) >= 11 is 1.22. The van der Waals surface area contributed by atoms with E-state index >= 15 is 0 Å². The summed E-state index contributed by atoms with van der Waals surface area (Å²) in [5.41, 5.74) is 1.70. The summed E-state index contributed by atoms with van der Waals surface area (Å²) in [5, 5.41) is 11.8. The molecular formula is C23H19FN4O2S. The molecule has 0 saturated carbocycles. The van der Waals surface area contributed by atoms with Crippen molar-refractivity contribution in [1.29, 1.82) is 0 Å². The summed E-state index contributed by atoms with van der Waals surface area (Å²) in [4.78, 5) is 12.5. The van der Waals surface area contributed by atoms with Crippen molar-refractivity contribution < 1.29 is 13.9 Å². The zero-order valence-electron chi connectivity index (χ0n) is 16.7. The van der Waals surface area contributed by atoms with Crippen LogP contribution in [-0.2, 0) is 4.79 Å². The number of benzene rings is 3. The van der Waals surface area contributed by atoms with E-state index < -0.39 is 5.82 Å². The van der Waals surface area contributed by atoms with Gasteiger partial charge in [-0.25, -0.2) is 4.39 Å². The number of carbonyl (C=O) groups excluding carboxylic acids is 1. The number of thioether (sulfide) groups is 1. The number of nitrogens with one attached hydrogen (secondary N) is 1. The Bertz CT molecular complexity index is 1200. The van der Waals surface area contributed by atoms with Crippen LogP contribution in [0.3, 0.4) is 0 Å². The topological polar surface area (TPSA) is 69.0 Å². The Labute approximate surface area is 183 Å². The minimum absolute atomic E-state index is 0.0975. The fourth-order valence-electron chi connectivity index (χ4n) is 3.05. The van der Waals surface area contributed by atoms with Crippen LogP contribution in [0, 0.1) is 5.82 Å². The average Bonchev–Trinajstić information content (AvgIpc) is 3.22. The third kappa shape index (κ3) is 4.59. The number of ether oxygens (including phenoxy) is 1. The number of anilines is 1. The molecule has 0 fully saturated rings. The standard InChI is InChI=1S/C23H19FN4O2S/c1-30-20-14-8-7-13-19(20)25-21(29)15-31-23-27-26-22(17-11-5-6-12-18(17)24)28(23)16-9-3-2-4-10-16/h2-14H,15H2,1H3,(H,25,29). The highest BCUT2D eigenvalue weighted by Gasteiger charge is 2.19. The molecule has 0 aliphatic heterocycles. The van der Waals surface area contributed by atoms with Crippen molar-refractivity contribution in [3.8, 4) is 22.8 Å². The molecule has 0 bridgehead atoms. The number of rotatable bonds is 7. The normalized spacial score (nSPS) is 10.6. The van der Waals surface area contributed by atoms with Gasteiger partial charge < -0.3 is 10.1 Å². The van der Waals surface area contributed by atoms with E-state index in [1.165, 1.54) is 17.8 Å². The first-order chi connectivity index (χ1) is 15.2. The van der Waals surface area contributed by atoms with Crippen LogP contribution in [-0.4, -0.2) is 33.5 Å². The van der Waals surface area contributed by atoms with Gasteiger partial charge in [-0.15, -0.1) is 10.2 Å². The number of para-hydroxylation sites is 3. The maximum atomic E-state index is 14.4. The lowest BCUT2D eigenvalue weighted by Crippen LogP contribution is -2.15. The number of aromatic nitrogens is 3. The van der Waals surface area contributed by atoms with Crippen molar-refractivity contribution in [2.75, 3.05) is 18.2 Å². The minimum atomic E-state index is -0.391. The lowest BCUT2D eigenvalue weighted by atomic mass is 10.2.